The van der Waals surface area contributed by atoms with Crippen LogP contribution in [0.4, 0.5) is 0 Å². The van der Waals surface area contributed by atoms with Crippen molar-refractivity contribution >= 4 is 50.9 Å². The Morgan fingerprint density at radius 2 is 1.93 bits per heavy atom. The highest BCUT2D eigenvalue weighted by Gasteiger charge is 2.34. The van der Waals surface area contributed by atoms with Crippen molar-refractivity contribution in [1.29, 1.82) is 0 Å². The molecule has 0 fully saturated rings. The molecule has 0 bridgehead atoms. The van der Waals surface area contributed by atoms with E-state index in [0.29, 0.717) is 55.0 Å². The Hall–Kier alpha value is -3.86. The third-order valence-electron chi connectivity index (χ3n) is 6.79. The number of hydrogen-bond acceptors (Lipinski definition) is 8. The minimum absolute atomic E-state index is 0.113. The van der Waals surface area contributed by atoms with Gasteiger partial charge in [0.1, 0.15) is 12.4 Å². The van der Waals surface area contributed by atoms with E-state index >= 15 is 0 Å². The van der Waals surface area contributed by atoms with E-state index in [4.69, 9.17) is 30.5 Å². The second kappa shape index (κ2) is 11.8. The van der Waals surface area contributed by atoms with Crippen molar-refractivity contribution in [2.75, 3.05) is 13.4 Å². The van der Waals surface area contributed by atoms with Gasteiger partial charge in [-0.1, -0.05) is 47.2 Å². The van der Waals surface area contributed by atoms with Gasteiger partial charge in [0, 0.05) is 5.02 Å². The largest absolute Gasteiger partial charge is 0.488 e. The highest BCUT2D eigenvalue weighted by atomic mass is 79.9. The summed E-state index contributed by atoms with van der Waals surface area (Å²) in [7, 11) is 0. The van der Waals surface area contributed by atoms with Gasteiger partial charge in [0.05, 0.1) is 32.9 Å². The molecule has 3 heterocycles. The lowest BCUT2D eigenvalue weighted by Gasteiger charge is -2.24. The van der Waals surface area contributed by atoms with Crippen LogP contribution in [-0.2, 0) is 16.1 Å². The van der Waals surface area contributed by atoms with E-state index in [9.17, 15) is 9.59 Å². The molecule has 1 atom stereocenters. The summed E-state index contributed by atoms with van der Waals surface area (Å²) < 4.78 is 25.2. The molecule has 8 nitrogen and oxygen atoms in total. The quantitative estimate of drug-likeness (QED) is 0.241. The second-order valence-corrected chi connectivity index (χ2v) is 11.8. The van der Waals surface area contributed by atoms with E-state index in [0.717, 1.165) is 15.6 Å². The van der Waals surface area contributed by atoms with Crippen molar-refractivity contribution in [2.24, 2.45) is 4.99 Å². The van der Waals surface area contributed by atoms with E-state index in [1.54, 1.807) is 36.6 Å². The molecular weight excluding hydrogens is 644 g/mol. The molecule has 0 unspecified atom stereocenters. The fourth-order valence-electron chi connectivity index (χ4n) is 4.81. The van der Waals surface area contributed by atoms with Crippen molar-refractivity contribution in [3.8, 4) is 17.2 Å². The Morgan fingerprint density at radius 1 is 1.14 bits per heavy atom. The zero-order valence-electron chi connectivity index (χ0n) is 22.6. The van der Waals surface area contributed by atoms with E-state index < -0.39 is 12.0 Å². The summed E-state index contributed by atoms with van der Waals surface area (Å²) in [5, 5.41) is 0.670. The highest BCUT2D eigenvalue weighted by Crippen LogP contribution is 2.38. The van der Waals surface area contributed by atoms with Crippen LogP contribution in [0.25, 0.3) is 6.08 Å². The summed E-state index contributed by atoms with van der Waals surface area (Å²) in [5.74, 6) is 1.31. The highest BCUT2D eigenvalue weighted by molar-refractivity contribution is 9.10. The van der Waals surface area contributed by atoms with Crippen LogP contribution in [0.15, 0.2) is 86.2 Å². The van der Waals surface area contributed by atoms with E-state index in [1.165, 1.54) is 11.3 Å². The molecule has 3 aromatic carbocycles. The van der Waals surface area contributed by atoms with Crippen molar-refractivity contribution < 1.29 is 23.7 Å². The van der Waals surface area contributed by atoms with E-state index in [1.807, 2.05) is 48.5 Å². The smallest absolute Gasteiger partial charge is 0.338 e. The molecule has 0 spiro atoms. The van der Waals surface area contributed by atoms with Gasteiger partial charge >= 0.3 is 5.97 Å². The van der Waals surface area contributed by atoms with Crippen molar-refractivity contribution in [2.45, 2.75) is 26.5 Å². The van der Waals surface area contributed by atoms with Gasteiger partial charge in [-0.2, -0.15) is 0 Å². The number of fused-ring (bicyclic) bond motifs is 2. The number of aromatic nitrogens is 1. The number of carbonyl (C=O) groups is 1. The monoisotopic (exact) mass is 666 g/mol. The van der Waals surface area contributed by atoms with Gasteiger partial charge in [0.25, 0.3) is 5.56 Å². The van der Waals surface area contributed by atoms with Gasteiger partial charge in [-0.3, -0.25) is 9.36 Å². The average molecular weight is 668 g/mol. The molecule has 11 heteroatoms. The molecule has 42 heavy (non-hydrogen) atoms. The lowest BCUT2D eigenvalue weighted by molar-refractivity contribution is -0.139. The summed E-state index contributed by atoms with van der Waals surface area (Å²) >= 11 is 10.8. The summed E-state index contributed by atoms with van der Waals surface area (Å²) in [6, 6.07) is 17.7. The number of allylic oxidation sites excluding steroid dienone is 1. The number of nitrogens with zero attached hydrogens (tertiary/aromatic N) is 2. The van der Waals surface area contributed by atoms with Crippen LogP contribution >= 0.6 is 38.9 Å². The Labute approximate surface area is 258 Å². The fourth-order valence-corrected chi connectivity index (χ4v) is 6.49. The Balaban J connectivity index is 1.37. The number of benzene rings is 3. The SMILES string of the molecule is CCOC(=O)C1=C(C)N=c2s/c(=C\c3ccc(OCc4ccc(Cl)cc4)c(Br)c3)c(=O)n2[C@@H]1c1ccc2c(c1)OCO2. The molecule has 0 saturated heterocycles. The van der Waals surface area contributed by atoms with Gasteiger partial charge in [-0.05, 0) is 88.9 Å². The maximum atomic E-state index is 13.9. The van der Waals surface area contributed by atoms with Gasteiger partial charge in [0.15, 0.2) is 16.3 Å². The first kappa shape index (κ1) is 28.3. The molecule has 2 aliphatic heterocycles. The molecule has 4 aromatic rings. The maximum absolute atomic E-state index is 13.9. The first-order chi connectivity index (χ1) is 20.3. The number of halogens is 2. The molecule has 0 N–H and O–H groups in total. The third kappa shape index (κ3) is 5.49. The summed E-state index contributed by atoms with van der Waals surface area (Å²) in [6.07, 6.45) is 1.80. The predicted molar refractivity (Wildman–Crippen MR) is 163 cm³/mol. The molecular formula is C31H24BrClN2O6S. The zero-order chi connectivity index (χ0) is 29.4. The normalized spacial score (nSPS) is 15.8. The zero-order valence-corrected chi connectivity index (χ0v) is 25.7. The molecule has 2 aliphatic rings. The number of ether oxygens (including phenoxy) is 4. The molecule has 0 aliphatic carbocycles. The van der Waals surface area contributed by atoms with Gasteiger partial charge < -0.3 is 18.9 Å². The van der Waals surface area contributed by atoms with Crippen molar-refractivity contribution in [1.82, 2.24) is 4.57 Å². The second-order valence-electron chi connectivity index (χ2n) is 9.52. The van der Waals surface area contributed by atoms with Crippen LogP contribution in [-0.4, -0.2) is 23.9 Å². The fraction of sp³-hybridized carbons (Fsp3) is 0.194. The number of hydrogen-bond donors (Lipinski definition) is 0. The molecule has 0 saturated carbocycles. The maximum Gasteiger partial charge on any atom is 0.338 e. The number of thiazole rings is 1. The van der Waals surface area contributed by atoms with Crippen molar-refractivity contribution in [3.63, 3.8) is 0 Å². The minimum atomic E-state index is -0.743. The lowest BCUT2D eigenvalue weighted by Crippen LogP contribution is -2.39. The van der Waals surface area contributed by atoms with Crippen LogP contribution in [0.5, 0.6) is 17.2 Å². The molecule has 1 aromatic heterocycles. The number of rotatable bonds is 7. The van der Waals surface area contributed by atoms with Crippen LogP contribution in [0.3, 0.4) is 0 Å². The summed E-state index contributed by atoms with van der Waals surface area (Å²) in [6.45, 7) is 4.19. The van der Waals surface area contributed by atoms with Gasteiger partial charge in [-0.15, -0.1) is 0 Å². The molecule has 0 radical (unpaired) electrons. The van der Waals surface area contributed by atoms with Gasteiger partial charge in [-0.25, -0.2) is 9.79 Å². The van der Waals surface area contributed by atoms with E-state index in [-0.39, 0.29) is 19.0 Å². The summed E-state index contributed by atoms with van der Waals surface area (Å²) in [4.78, 5) is 32.2. The average Bonchev–Trinajstić information content (AvgIpc) is 3.56. The summed E-state index contributed by atoms with van der Waals surface area (Å²) in [5.41, 5.74) is 3.01. The lowest BCUT2D eigenvalue weighted by atomic mass is 9.95. The number of carbonyl (C=O) groups excluding carboxylic acids is 1. The standard InChI is InChI=1S/C31H24BrClN2O6S/c1-3-38-30(37)27-17(2)34-31-35(28(27)20-7-11-24-25(14-20)41-16-40-24)29(36)26(42-31)13-19-6-10-23(22(32)12-19)39-15-18-4-8-21(33)9-5-18/h4-14,28H,3,15-16H2,1-2H3/b26-13-/t28-/m1/s1. The Kier molecular flexibility index (Phi) is 7.94. The molecule has 214 valence electrons. The van der Waals surface area contributed by atoms with Gasteiger partial charge in [0.2, 0.25) is 6.79 Å². The minimum Gasteiger partial charge on any atom is -0.488 e. The number of esters is 1. The van der Waals surface area contributed by atoms with Crippen LogP contribution in [0.2, 0.25) is 5.02 Å². The molecule has 6 rings (SSSR count). The van der Waals surface area contributed by atoms with E-state index in [2.05, 4.69) is 20.9 Å². The topological polar surface area (TPSA) is 88.4 Å². The first-order valence-electron chi connectivity index (χ1n) is 13.1. The Bertz CT molecular complexity index is 1910. The first-order valence-corrected chi connectivity index (χ1v) is 15.1. The molecule has 0 amide bonds. The van der Waals surface area contributed by atoms with Crippen LogP contribution < -0.4 is 29.1 Å². The predicted octanol–water partition coefficient (Wildman–Crippen LogP) is 5.52. The Morgan fingerprint density at radius 3 is 2.69 bits per heavy atom. The van der Waals surface area contributed by atoms with Crippen molar-refractivity contribution in [3.05, 3.63) is 118 Å². The third-order valence-corrected chi connectivity index (χ3v) is 8.65. The van der Waals surface area contributed by atoms with Crippen LogP contribution in [0, 0.1) is 0 Å². The van der Waals surface area contributed by atoms with Crippen LogP contribution in [0.1, 0.15) is 36.6 Å².